The molecule has 0 atom stereocenters. The Morgan fingerprint density at radius 3 is 2.28 bits per heavy atom. The number of hydrogen-bond donors (Lipinski definition) is 2. The van der Waals surface area contributed by atoms with Crippen LogP contribution in [-0.2, 0) is 12.2 Å². The molecule has 4 rings (SSSR count). The van der Waals surface area contributed by atoms with Crippen molar-refractivity contribution < 1.29 is 40.3 Å². The Morgan fingerprint density at radius 2 is 1.67 bits per heavy atom. The van der Waals surface area contributed by atoms with Gasteiger partial charge in [0, 0.05) is 13.2 Å². The maximum absolute atomic E-state index is 14.4. The lowest BCUT2D eigenvalue weighted by molar-refractivity contribution is -0.350. The van der Waals surface area contributed by atoms with Crippen LogP contribution in [-0.4, -0.2) is 61.0 Å². The van der Waals surface area contributed by atoms with Crippen molar-refractivity contribution in [1.82, 2.24) is 35.1 Å². The zero-order valence-electron chi connectivity index (χ0n) is 22.3. The van der Waals surface area contributed by atoms with Crippen molar-refractivity contribution >= 4 is 29.1 Å². The van der Waals surface area contributed by atoms with Gasteiger partial charge in [-0.2, -0.15) is 31.4 Å². The Kier molecular flexibility index (Phi) is 8.23. The van der Waals surface area contributed by atoms with Gasteiger partial charge in [0.25, 0.3) is 11.8 Å². The van der Waals surface area contributed by atoms with Crippen LogP contribution in [0.4, 0.5) is 36.4 Å². The van der Waals surface area contributed by atoms with Crippen LogP contribution in [0.15, 0.2) is 42.7 Å². The molecule has 0 bridgehead atoms. The summed E-state index contributed by atoms with van der Waals surface area (Å²) in [5.41, 5.74) is -6.59. The average Bonchev–Trinajstić information content (AvgIpc) is 3.55. The van der Waals surface area contributed by atoms with E-state index in [2.05, 4.69) is 31.0 Å². The summed E-state index contributed by atoms with van der Waals surface area (Å²) in [4.78, 5) is 30.1. The maximum Gasteiger partial charge on any atom is 0.437 e. The van der Waals surface area contributed by atoms with Crippen LogP contribution in [0.5, 0.6) is 0 Å². The van der Waals surface area contributed by atoms with Gasteiger partial charge < -0.3 is 10.6 Å². The number of amides is 2. The molecular weight excluding hydrogens is 613 g/mol. The summed E-state index contributed by atoms with van der Waals surface area (Å²) in [6, 6.07) is 7.33. The van der Waals surface area contributed by atoms with Gasteiger partial charge in [0.2, 0.25) is 0 Å². The largest absolute Gasteiger partial charge is 0.437 e. The first-order valence-electron chi connectivity index (χ1n) is 12.1. The van der Waals surface area contributed by atoms with E-state index in [4.69, 9.17) is 11.6 Å². The van der Waals surface area contributed by atoms with Gasteiger partial charge in [-0.05, 0) is 49.2 Å². The second-order valence-electron chi connectivity index (χ2n) is 9.23. The molecule has 2 amide bonds. The summed E-state index contributed by atoms with van der Waals surface area (Å²) in [6.45, 7) is 2.77. The first-order chi connectivity index (χ1) is 20.0. The molecule has 0 saturated carbocycles. The van der Waals surface area contributed by atoms with Gasteiger partial charge in [-0.1, -0.05) is 22.9 Å². The molecular formula is C25H20ClF7N8O2. The van der Waals surface area contributed by atoms with E-state index in [1.807, 2.05) is 0 Å². The topological polar surface area (TPSA) is 120 Å². The number of carbonyl (C=O) groups is 2. The molecule has 0 aliphatic carbocycles. The molecule has 0 spiro atoms. The van der Waals surface area contributed by atoms with Crippen LogP contribution >= 0.6 is 11.6 Å². The highest BCUT2D eigenvalue weighted by atomic mass is 35.5. The molecule has 0 aliphatic heterocycles. The monoisotopic (exact) mass is 632 g/mol. The molecule has 1 aromatic carbocycles. The van der Waals surface area contributed by atoms with Crippen LogP contribution in [0, 0.1) is 13.8 Å². The fourth-order valence-corrected chi connectivity index (χ4v) is 4.34. The Hall–Kier alpha value is -4.54. The van der Waals surface area contributed by atoms with Gasteiger partial charge in [0.15, 0.2) is 5.82 Å². The number of hydrogen-bond acceptors (Lipinski definition) is 6. The summed E-state index contributed by atoms with van der Waals surface area (Å²) in [5.74, 6) is -1.37. The number of aryl methyl sites for hydroxylation is 2. The first-order valence-corrected chi connectivity index (χ1v) is 12.4. The Morgan fingerprint density at radius 1 is 1.00 bits per heavy atom. The van der Waals surface area contributed by atoms with Gasteiger partial charge in [0.05, 0.1) is 34.7 Å². The van der Waals surface area contributed by atoms with Crippen molar-refractivity contribution in [3.8, 4) is 5.82 Å². The summed E-state index contributed by atoms with van der Waals surface area (Å²) in [6.07, 6.45) is -11.3. The molecule has 0 fully saturated rings. The summed E-state index contributed by atoms with van der Waals surface area (Å²) < 4.78 is 94.8. The summed E-state index contributed by atoms with van der Waals surface area (Å²) in [5, 5.41) is 15.3. The van der Waals surface area contributed by atoms with E-state index in [-0.39, 0.29) is 39.7 Å². The molecule has 18 heteroatoms. The minimum Gasteiger partial charge on any atom is -0.355 e. The van der Waals surface area contributed by atoms with E-state index in [0.717, 1.165) is 16.3 Å². The van der Waals surface area contributed by atoms with E-state index in [0.29, 0.717) is 10.2 Å². The fraction of sp³-hybridized carbons (Fsp3) is 0.280. The first kappa shape index (κ1) is 31.4. The standard InChI is InChI=1S/C25H20ClF7N8O2/c1-12-7-13(2)19(15(8-12)21(42)34-3)36-22(43)17-9-14(38-41(17)20-16(26)5-4-6-35-20)10-40-11-18(37-39-40)23(27,24(28,29)30)25(31,32)33/h4-9,11H,10H2,1-3H3,(H,34,42)(H,36,43). The molecule has 10 nitrogen and oxygen atoms in total. The number of carbonyl (C=O) groups excluding carboxylic acids is 2. The van der Waals surface area contributed by atoms with E-state index in [9.17, 15) is 40.3 Å². The summed E-state index contributed by atoms with van der Waals surface area (Å²) in [7, 11) is 1.40. The molecule has 2 N–H and O–H groups in total. The number of pyridine rings is 1. The number of benzene rings is 1. The van der Waals surface area contributed by atoms with Crippen LogP contribution in [0.1, 0.15) is 43.4 Å². The number of anilines is 1. The minimum absolute atomic E-state index is 0.0318. The van der Waals surface area contributed by atoms with Crippen molar-refractivity contribution in [1.29, 1.82) is 0 Å². The van der Waals surface area contributed by atoms with E-state index in [1.54, 1.807) is 26.0 Å². The third-order valence-electron chi connectivity index (χ3n) is 6.12. The molecule has 0 saturated heterocycles. The van der Waals surface area contributed by atoms with Crippen molar-refractivity contribution in [2.45, 2.75) is 38.4 Å². The second kappa shape index (κ2) is 11.3. The molecule has 0 unspecified atom stereocenters. The highest BCUT2D eigenvalue weighted by Gasteiger charge is 2.75. The van der Waals surface area contributed by atoms with Crippen molar-refractivity contribution in [2.24, 2.45) is 0 Å². The van der Waals surface area contributed by atoms with Gasteiger partial charge in [-0.15, -0.1) is 5.10 Å². The number of nitrogens with one attached hydrogen (secondary N) is 2. The lowest BCUT2D eigenvalue weighted by atomic mass is 10.0. The van der Waals surface area contributed by atoms with Gasteiger partial charge >= 0.3 is 18.0 Å². The summed E-state index contributed by atoms with van der Waals surface area (Å²) >= 11 is 6.24. The maximum atomic E-state index is 14.4. The van der Waals surface area contributed by atoms with Crippen LogP contribution in [0.3, 0.4) is 0 Å². The average molecular weight is 633 g/mol. The van der Waals surface area contributed by atoms with Crippen LogP contribution in [0.2, 0.25) is 5.02 Å². The highest BCUT2D eigenvalue weighted by Crippen LogP contribution is 2.52. The minimum atomic E-state index is -6.38. The van der Waals surface area contributed by atoms with Crippen LogP contribution < -0.4 is 10.6 Å². The quantitative estimate of drug-likeness (QED) is 0.274. The molecule has 4 aromatic rings. The zero-order chi connectivity index (χ0) is 31.9. The number of alkyl halides is 7. The zero-order valence-corrected chi connectivity index (χ0v) is 23.0. The number of halogens is 8. The predicted molar refractivity (Wildman–Crippen MR) is 138 cm³/mol. The van der Waals surface area contributed by atoms with E-state index in [1.165, 1.54) is 25.4 Å². The van der Waals surface area contributed by atoms with Crippen molar-refractivity contribution in [3.63, 3.8) is 0 Å². The molecule has 0 aliphatic rings. The van der Waals surface area contributed by atoms with E-state index >= 15 is 0 Å². The predicted octanol–water partition coefficient (Wildman–Crippen LogP) is 5.08. The third-order valence-corrected chi connectivity index (χ3v) is 6.41. The van der Waals surface area contributed by atoms with Crippen LogP contribution in [0.25, 0.3) is 5.82 Å². The van der Waals surface area contributed by atoms with Gasteiger partial charge in [0.1, 0.15) is 11.4 Å². The normalized spacial score (nSPS) is 12.3. The molecule has 3 heterocycles. The third kappa shape index (κ3) is 5.89. The molecule has 43 heavy (non-hydrogen) atoms. The SMILES string of the molecule is CNC(=O)c1cc(C)cc(C)c1NC(=O)c1cc(Cn2cc(C(F)(C(F)(F)F)C(F)(F)F)nn2)nn1-c1ncccc1Cl. The molecule has 0 radical (unpaired) electrons. The smallest absolute Gasteiger partial charge is 0.355 e. The molecule has 3 aromatic heterocycles. The number of rotatable bonds is 7. The highest BCUT2D eigenvalue weighted by molar-refractivity contribution is 6.32. The Balaban J connectivity index is 1.76. The van der Waals surface area contributed by atoms with Gasteiger partial charge in [-0.3, -0.25) is 9.59 Å². The lowest BCUT2D eigenvalue weighted by Gasteiger charge is -2.27. The van der Waals surface area contributed by atoms with Crippen molar-refractivity contribution in [2.75, 3.05) is 12.4 Å². The number of nitrogens with zero attached hydrogens (tertiary/aromatic N) is 6. The Bertz CT molecular complexity index is 1680. The lowest BCUT2D eigenvalue weighted by Crippen LogP contribution is -2.50. The number of aromatic nitrogens is 6. The second-order valence-corrected chi connectivity index (χ2v) is 9.64. The fourth-order valence-electron chi connectivity index (χ4n) is 4.14. The van der Waals surface area contributed by atoms with Crippen molar-refractivity contribution in [3.05, 3.63) is 81.5 Å². The van der Waals surface area contributed by atoms with Gasteiger partial charge in [-0.25, -0.2) is 18.7 Å². The Labute approximate surface area is 242 Å². The van der Waals surface area contributed by atoms with E-state index < -0.39 is 42.1 Å². The molecule has 228 valence electrons.